The van der Waals surface area contributed by atoms with Gasteiger partial charge in [-0.3, -0.25) is 0 Å². The zero-order valence-electron chi connectivity index (χ0n) is 10.7. The van der Waals surface area contributed by atoms with E-state index in [4.69, 9.17) is 0 Å². The lowest BCUT2D eigenvalue weighted by Crippen LogP contribution is -1.73. The fourth-order valence-electron chi connectivity index (χ4n) is 1.26. The van der Waals surface area contributed by atoms with E-state index in [2.05, 4.69) is 68.5 Å². The van der Waals surface area contributed by atoms with Gasteiger partial charge in [0.1, 0.15) is 0 Å². The summed E-state index contributed by atoms with van der Waals surface area (Å²) in [6.45, 7) is 6.69. The van der Waals surface area contributed by atoms with Crippen LogP contribution < -0.4 is 0 Å². The standard InChI is InChI=1S/C12H10.C3H9P.H2O/c1-3-7-11(8-4-1)12-9-5-2-6-10-12;1-4(2)3;/h1-10H;1-3H3;1H2. The molecule has 1 nitrogen and oxygen atoms in total. The van der Waals surface area contributed by atoms with E-state index in [-0.39, 0.29) is 5.48 Å². The smallest absolute Gasteiger partial charge is 0.0184 e. The Labute approximate surface area is 106 Å². The largest absolute Gasteiger partial charge is 0.412 e. The van der Waals surface area contributed by atoms with E-state index in [9.17, 15) is 0 Å². The molecule has 0 aliphatic carbocycles. The fourth-order valence-corrected chi connectivity index (χ4v) is 1.26. The summed E-state index contributed by atoms with van der Waals surface area (Å²) in [5.74, 6) is 0. The SMILES string of the molecule is CP(C)C.O.c1ccc(-c2ccccc2)cc1. The molecule has 0 radical (unpaired) electrons. The Hall–Kier alpha value is -1.17. The molecule has 0 aliphatic heterocycles. The van der Waals surface area contributed by atoms with E-state index in [0.717, 1.165) is 0 Å². The third-order valence-electron chi connectivity index (χ3n) is 1.88. The van der Waals surface area contributed by atoms with E-state index in [1.165, 1.54) is 11.1 Å². The molecular weight excluding hydrogens is 227 g/mol. The number of benzene rings is 2. The van der Waals surface area contributed by atoms with E-state index in [0.29, 0.717) is 7.92 Å². The molecule has 0 aromatic heterocycles. The first-order valence-corrected chi connectivity index (χ1v) is 8.10. The van der Waals surface area contributed by atoms with Crippen molar-refractivity contribution < 1.29 is 5.48 Å². The lowest BCUT2D eigenvalue weighted by Gasteiger charge is -1.98. The van der Waals surface area contributed by atoms with Gasteiger partial charge < -0.3 is 5.48 Å². The first kappa shape index (κ1) is 15.8. The molecule has 0 atom stereocenters. The summed E-state index contributed by atoms with van der Waals surface area (Å²) >= 11 is 0. The van der Waals surface area contributed by atoms with E-state index in [1.54, 1.807) is 0 Å². The van der Waals surface area contributed by atoms with Crippen LogP contribution in [0.3, 0.4) is 0 Å². The highest BCUT2D eigenvalue weighted by molar-refractivity contribution is 7.55. The average molecular weight is 248 g/mol. The second-order valence-corrected chi connectivity index (χ2v) is 6.76. The van der Waals surface area contributed by atoms with Gasteiger partial charge in [0.25, 0.3) is 0 Å². The highest BCUT2D eigenvalue weighted by Gasteiger charge is 1.91. The van der Waals surface area contributed by atoms with Gasteiger partial charge in [-0.25, -0.2) is 0 Å². The molecule has 0 saturated heterocycles. The van der Waals surface area contributed by atoms with Crippen molar-refractivity contribution in [3.05, 3.63) is 60.7 Å². The zero-order chi connectivity index (χ0) is 11.8. The van der Waals surface area contributed by atoms with Crippen molar-refractivity contribution in [3.63, 3.8) is 0 Å². The Morgan fingerprint density at radius 1 is 0.588 bits per heavy atom. The second-order valence-electron chi connectivity index (χ2n) is 4.07. The van der Waals surface area contributed by atoms with E-state index in [1.807, 2.05) is 12.1 Å². The first-order valence-electron chi connectivity index (χ1n) is 5.41. The van der Waals surface area contributed by atoms with Crippen LogP contribution in [0.5, 0.6) is 0 Å². The summed E-state index contributed by atoms with van der Waals surface area (Å²) in [5.41, 5.74) is 2.55. The third-order valence-corrected chi connectivity index (χ3v) is 1.88. The lowest BCUT2D eigenvalue weighted by atomic mass is 10.1. The van der Waals surface area contributed by atoms with Crippen molar-refractivity contribution >= 4 is 7.92 Å². The number of hydrogen-bond donors (Lipinski definition) is 0. The Morgan fingerprint density at radius 3 is 1.06 bits per heavy atom. The second kappa shape index (κ2) is 8.92. The quantitative estimate of drug-likeness (QED) is 0.686. The minimum absolute atomic E-state index is 0. The molecule has 0 amide bonds. The normalized spacial score (nSPS) is 8.94. The van der Waals surface area contributed by atoms with Crippen LogP contribution in [0.1, 0.15) is 0 Å². The van der Waals surface area contributed by atoms with Gasteiger partial charge in [0.05, 0.1) is 0 Å². The molecule has 2 aromatic carbocycles. The van der Waals surface area contributed by atoms with Gasteiger partial charge in [0.2, 0.25) is 0 Å². The van der Waals surface area contributed by atoms with Gasteiger partial charge in [-0.15, -0.1) is 7.92 Å². The molecule has 0 spiro atoms. The highest BCUT2D eigenvalue weighted by atomic mass is 31.1. The third kappa shape index (κ3) is 6.88. The van der Waals surface area contributed by atoms with Crippen molar-refractivity contribution in [2.75, 3.05) is 20.0 Å². The van der Waals surface area contributed by atoms with E-state index >= 15 is 0 Å². The van der Waals surface area contributed by atoms with Gasteiger partial charge in [0.15, 0.2) is 0 Å². The van der Waals surface area contributed by atoms with Crippen LogP contribution in [0.4, 0.5) is 0 Å². The van der Waals surface area contributed by atoms with Crippen LogP contribution >= 0.6 is 7.92 Å². The molecule has 2 N–H and O–H groups in total. The van der Waals surface area contributed by atoms with Crippen LogP contribution in [0.15, 0.2) is 60.7 Å². The molecule has 17 heavy (non-hydrogen) atoms. The molecule has 92 valence electrons. The molecule has 2 aromatic rings. The molecule has 0 bridgehead atoms. The van der Waals surface area contributed by atoms with Crippen molar-refractivity contribution in [1.82, 2.24) is 0 Å². The van der Waals surface area contributed by atoms with Crippen molar-refractivity contribution in [2.24, 2.45) is 0 Å². The molecule has 0 aliphatic rings. The summed E-state index contributed by atoms with van der Waals surface area (Å²) in [6.07, 6.45) is 0. The van der Waals surface area contributed by atoms with Gasteiger partial charge in [-0.2, -0.15) is 0 Å². The molecule has 2 rings (SSSR count). The topological polar surface area (TPSA) is 31.5 Å². The summed E-state index contributed by atoms with van der Waals surface area (Å²) in [6, 6.07) is 20.8. The van der Waals surface area contributed by atoms with Crippen LogP contribution in [0.2, 0.25) is 0 Å². The monoisotopic (exact) mass is 248 g/mol. The molecule has 0 unspecified atom stereocenters. The maximum atomic E-state index is 2.23. The highest BCUT2D eigenvalue weighted by Crippen LogP contribution is 2.17. The van der Waals surface area contributed by atoms with Gasteiger partial charge in [0, 0.05) is 0 Å². The van der Waals surface area contributed by atoms with Crippen molar-refractivity contribution in [2.45, 2.75) is 0 Å². The predicted molar refractivity (Wildman–Crippen MR) is 80.2 cm³/mol. The molecule has 2 heteroatoms. The lowest BCUT2D eigenvalue weighted by molar-refractivity contribution is 0.824. The Morgan fingerprint density at radius 2 is 0.824 bits per heavy atom. The number of rotatable bonds is 1. The van der Waals surface area contributed by atoms with Gasteiger partial charge in [-0.1, -0.05) is 60.7 Å². The maximum Gasteiger partial charge on any atom is -0.0184 e. The zero-order valence-corrected chi connectivity index (χ0v) is 11.6. The number of hydrogen-bond acceptors (Lipinski definition) is 0. The first-order chi connectivity index (χ1) is 7.70. The average Bonchev–Trinajstić information content (AvgIpc) is 2.31. The Kier molecular flexibility index (Phi) is 8.31. The Bertz CT molecular complexity index is 344. The molecule has 0 saturated carbocycles. The summed E-state index contributed by atoms with van der Waals surface area (Å²) < 4.78 is 0. The molecule has 0 heterocycles. The van der Waals surface area contributed by atoms with Crippen LogP contribution in [0, 0.1) is 0 Å². The Balaban J connectivity index is 0.000000453. The summed E-state index contributed by atoms with van der Waals surface area (Å²) in [5, 5.41) is 0. The minimum Gasteiger partial charge on any atom is -0.412 e. The fraction of sp³-hybridized carbons (Fsp3) is 0.200. The van der Waals surface area contributed by atoms with E-state index < -0.39 is 0 Å². The summed E-state index contributed by atoms with van der Waals surface area (Å²) in [4.78, 5) is 0. The molecular formula is C15H21OP. The minimum atomic E-state index is 0. The maximum absolute atomic E-state index is 2.23. The van der Waals surface area contributed by atoms with Crippen molar-refractivity contribution in [1.29, 1.82) is 0 Å². The van der Waals surface area contributed by atoms with Crippen LogP contribution in [-0.4, -0.2) is 25.5 Å². The van der Waals surface area contributed by atoms with Gasteiger partial charge >= 0.3 is 0 Å². The summed E-state index contributed by atoms with van der Waals surface area (Å²) in [7, 11) is 0.380. The predicted octanol–water partition coefficient (Wildman–Crippen LogP) is 3.89. The van der Waals surface area contributed by atoms with Crippen molar-refractivity contribution in [3.8, 4) is 11.1 Å². The van der Waals surface area contributed by atoms with Crippen LogP contribution in [0.25, 0.3) is 11.1 Å². The molecule has 0 fully saturated rings. The van der Waals surface area contributed by atoms with Crippen LogP contribution in [-0.2, 0) is 0 Å². The van der Waals surface area contributed by atoms with Gasteiger partial charge in [-0.05, 0) is 31.1 Å².